The van der Waals surface area contributed by atoms with Crippen LogP contribution in [0.25, 0.3) is 16.9 Å². The monoisotopic (exact) mass is 489 g/mol. The van der Waals surface area contributed by atoms with Crippen molar-refractivity contribution < 1.29 is 8.42 Å². The smallest absolute Gasteiger partial charge is 0.243 e. The third-order valence-corrected chi connectivity index (χ3v) is 8.80. The van der Waals surface area contributed by atoms with Gasteiger partial charge in [0, 0.05) is 24.2 Å². The molecule has 5 rings (SSSR count). The number of nitrogens with zero attached hydrogens (tertiary/aromatic N) is 3. The van der Waals surface area contributed by atoms with Crippen molar-refractivity contribution in [3.8, 4) is 16.9 Å². The standard InChI is InChI=1S/C27H27N3O2S2/c31-34(32,29-19-9-1-2-10-20-29)25-17-15-22(16-18-25)26-21-33-27(28-23-11-5-3-6-12-23)30(26)24-13-7-4-8-14-24/h3-8,11-18,21H,1-2,9-10,19-20H2. The number of thiazole rings is 1. The molecule has 34 heavy (non-hydrogen) atoms. The van der Waals surface area contributed by atoms with E-state index in [9.17, 15) is 8.42 Å². The van der Waals surface area contributed by atoms with Crippen molar-refractivity contribution in [3.05, 3.63) is 95.1 Å². The van der Waals surface area contributed by atoms with Gasteiger partial charge < -0.3 is 0 Å². The fourth-order valence-corrected chi connectivity index (χ4v) is 6.70. The van der Waals surface area contributed by atoms with E-state index in [1.807, 2.05) is 60.7 Å². The van der Waals surface area contributed by atoms with E-state index in [-0.39, 0.29) is 0 Å². The Bertz CT molecular complexity index is 1400. The lowest BCUT2D eigenvalue weighted by molar-refractivity contribution is 0.424. The van der Waals surface area contributed by atoms with Crippen LogP contribution in [-0.4, -0.2) is 30.4 Å². The van der Waals surface area contributed by atoms with E-state index in [0.29, 0.717) is 18.0 Å². The molecular weight excluding hydrogens is 462 g/mol. The molecule has 1 fully saturated rings. The van der Waals surface area contributed by atoms with Crippen LogP contribution >= 0.6 is 11.3 Å². The molecule has 1 saturated heterocycles. The van der Waals surface area contributed by atoms with Gasteiger partial charge in [-0.1, -0.05) is 61.4 Å². The van der Waals surface area contributed by atoms with E-state index in [4.69, 9.17) is 4.99 Å². The minimum atomic E-state index is -3.47. The minimum Gasteiger partial charge on any atom is -0.285 e. The first-order valence-corrected chi connectivity index (χ1v) is 13.9. The van der Waals surface area contributed by atoms with E-state index in [0.717, 1.165) is 53.1 Å². The summed E-state index contributed by atoms with van der Waals surface area (Å²) in [6.07, 6.45) is 4.05. The van der Waals surface area contributed by atoms with Gasteiger partial charge in [-0.25, -0.2) is 13.4 Å². The maximum absolute atomic E-state index is 13.2. The average Bonchev–Trinajstić information content (AvgIpc) is 3.09. The number of aromatic nitrogens is 1. The third-order valence-electron chi connectivity index (χ3n) is 6.06. The number of para-hydroxylation sites is 2. The van der Waals surface area contributed by atoms with Crippen molar-refractivity contribution in [1.82, 2.24) is 8.87 Å². The van der Waals surface area contributed by atoms with Crippen LogP contribution in [0, 0.1) is 0 Å². The Morgan fingerprint density at radius 1 is 0.735 bits per heavy atom. The van der Waals surface area contributed by atoms with Gasteiger partial charge in [-0.15, -0.1) is 11.3 Å². The summed E-state index contributed by atoms with van der Waals surface area (Å²) in [5, 5.41) is 2.08. The van der Waals surface area contributed by atoms with Crippen molar-refractivity contribution in [3.63, 3.8) is 0 Å². The molecule has 4 aromatic rings. The largest absolute Gasteiger partial charge is 0.285 e. The molecule has 174 valence electrons. The summed E-state index contributed by atoms with van der Waals surface area (Å²) in [5.41, 5.74) is 3.82. The zero-order chi connectivity index (χ0) is 23.4. The van der Waals surface area contributed by atoms with Gasteiger partial charge in [0.2, 0.25) is 10.0 Å². The zero-order valence-corrected chi connectivity index (χ0v) is 20.5. The van der Waals surface area contributed by atoms with Gasteiger partial charge in [0.1, 0.15) is 0 Å². The lowest BCUT2D eigenvalue weighted by Gasteiger charge is -2.20. The van der Waals surface area contributed by atoms with E-state index < -0.39 is 10.0 Å². The van der Waals surface area contributed by atoms with Crippen LogP contribution in [0.15, 0.2) is 100 Å². The Labute approximate surface area is 204 Å². The normalized spacial score (nSPS) is 15.8. The van der Waals surface area contributed by atoms with Crippen LogP contribution in [0.2, 0.25) is 0 Å². The second kappa shape index (κ2) is 10.1. The molecule has 0 aliphatic carbocycles. The summed E-state index contributed by atoms with van der Waals surface area (Å²) in [5.74, 6) is 0. The molecule has 1 aliphatic heterocycles. The summed E-state index contributed by atoms with van der Waals surface area (Å²) in [7, 11) is -3.47. The van der Waals surface area contributed by atoms with Gasteiger partial charge in [-0.3, -0.25) is 4.57 Å². The molecule has 0 atom stereocenters. The molecule has 0 spiro atoms. The summed E-state index contributed by atoms with van der Waals surface area (Å²) in [6, 6.07) is 27.3. The average molecular weight is 490 g/mol. The molecule has 1 aromatic heterocycles. The predicted octanol–water partition coefficient (Wildman–Crippen LogP) is 6.00. The second-order valence-electron chi connectivity index (χ2n) is 8.36. The lowest BCUT2D eigenvalue weighted by Crippen LogP contribution is -2.31. The SMILES string of the molecule is O=S(=O)(c1ccc(-c2csc(=Nc3ccccc3)n2-c2ccccc2)cc1)N1CCCCCC1. The van der Waals surface area contributed by atoms with Crippen molar-refractivity contribution in [1.29, 1.82) is 0 Å². The van der Waals surface area contributed by atoms with Gasteiger partial charge in [0.05, 0.1) is 16.3 Å². The molecule has 5 nitrogen and oxygen atoms in total. The quantitative estimate of drug-likeness (QED) is 0.345. The highest BCUT2D eigenvalue weighted by molar-refractivity contribution is 7.89. The highest BCUT2D eigenvalue weighted by Gasteiger charge is 2.25. The number of hydrogen-bond acceptors (Lipinski definition) is 4. The van der Waals surface area contributed by atoms with Crippen molar-refractivity contribution >= 4 is 27.0 Å². The van der Waals surface area contributed by atoms with Crippen molar-refractivity contribution in [2.45, 2.75) is 30.6 Å². The molecule has 2 heterocycles. The maximum atomic E-state index is 13.2. The number of benzene rings is 3. The molecule has 0 bridgehead atoms. The Balaban J connectivity index is 1.55. The fraction of sp³-hybridized carbons (Fsp3) is 0.222. The summed E-state index contributed by atoms with van der Waals surface area (Å²) >= 11 is 1.57. The van der Waals surface area contributed by atoms with Crippen LogP contribution in [0.4, 0.5) is 5.69 Å². The molecule has 7 heteroatoms. The Morgan fingerprint density at radius 3 is 2.00 bits per heavy atom. The van der Waals surface area contributed by atoms with E-state index >= 15 is 0 Å². The van der Waals surface area contributed by atoms with E-state index in [2.05, 4.69) is 22.1 Å². The van der Waals surface area contributed by atoms with Crippen molar-refractivity contribution in [2.24, 2.45) is 4.99 Å². The zero-order valence-electron chi connectivity index (χ0n) is 18.9. The predicted molar refractivity (Wildman–Crippen MR) is 138 cm³/mol. The van der Waals surface area contributed by atoms with E-state index in [1.165, 1.54) is 0 Å². The summed E-state index contributed by atoms with van der Waals surface area (Å²) < 4.78 is 30.1. The first kappa shape index (κ1) is 22.8. The molecule has 0 saturated carbocycles. The fourth-order valence-electron chi connectivity index (χ4n) is 4.26. The van der Waals surface area contributed by atoms with Crippen molar-refractivity contribution in [2.75, 3.05) is 13.1 Å². The van der Waals surface area contributed by atoms with Crippen LogP contribution in [-0.2, 0) is 10.0 Å². The third kappa shape index (κ3) is 4.78. The maximum Gasteiger partial charge on any atom is 0.243 e. The number of sulfonamides is 1. The summed E-state index contributed by atoms with van der Waals surface area (Å²) in [4.78, 5) is 6.08. The van der Waals surface area contributed by atoms with Gasteiger partial charge in [-0.2, -0.15) is 4.31 Å². The van der Waals surface area contributed by atoms with Crippen LogP contribution in [0.5, 0.6) is 0 Å². The Hall–Kier alpha value is -3.00. The van der Waals surface area contributed by atoms with E-state index in [1.54, 1.807) is 27.8 Å². The highest BCUT2D eigenvalue weighted by Crippen LogP contribution is 2.27. The first-order chi connectivity index (χ1) is 16.6. The first-order valence-electron chi connectivity index (χ1n) is 11.6. The molecule has 3 aromatic carbocycles. The molecule has 0 amide bonds. The Kier molecular flexibility index (Phi) is 6.76. The highest BCUT2D eigenvalue weighted by atomic mass is 32.2. The van der Waals surface area contributed by atoms with Gasteiger partial charge in [0.15, 0.2) is 4.80 Å². The van der Waals surface area contributed by atoms with Crippen LogP contribution < -0.4 is 4.80 Å². The molecule has 0 radical (unpaired) electrons. The Morgan fingerprint density at radius 2 is 1.35 bits per heavy atom. The number of rotatable bonds is 5. The van der Waals surface area contributed by atoms with Gasteiger partial charge in [0.25, 0.3) is 0 Å². The summed E-state index contributed by atoms with van der Waals surface area (Å²) in [6.45, 7) is 1.21. The van der Waals surface area contributed by atoms with Crippen LogP contribution in [0.3, 0.4) is 0 Å². The van der Waals surface area contributed by atoms with Crippen LogP contribution in [0.1, 0.15) is 25.7 Å². The van der Waals surface area contributed by atoms with Gasteiger partial charge >= 0.3 is 0 Å². The topological polar surface area (TPSA) is 54.7 Å². The van der Waals surface area contributed by atoms with Gasteiger partial charge in [-0.05, 0) is 54.8 Å². The second-order valence-corrected chi connectivity index (χ2v) is 11.1. The molecule has 0 unspecified atom stereocenters. The molecular formula is C27H27N3O2S2. The molecule has 0 N–H and O–H groups in total. The molecule has 1 aliphatic rings. The minimum absolute atomic E-state index is 0.355. The lowest BCUT2D eigenvalue weighted by atomic mass is 10.1. The number of hydrogen-bond donors (Lipinski definition) is 0.